The van der Waals surface area contributed by atoms with Gasteiger partial charge in [-0.3, -0.25) is 0 Å². The summed E-state index contributed by atoms with van der Waals surface area (Å²) < 4.78 is 2.33. The predicted molar refractivity (Wildman–Crippen MR) is 261 cm³/mol. The van der Waals surface area contributed by atoms with Crippen molar-refractivity contribution in [2.75, 3.05) is 0 Å². The number of rotatable bonds is 6. The number of nitrogens with zero attached hydrogens (tertiary/aromatic N) is 4. The summed E-state index contributed by atoms with van der Waals surface area (Å²) in [5.74, 6) is 0. The molecule has 0 bridgehead atoms. The fraction of sp³-hybridized carbons (Fsp3) is 0. The summed E-state index contributed by atoms with van der Waals surface area (Å²) in [4.78, 5) is 10.3. The molecule has 0 fully saturated rings. The second-order valence-corrected chi connectivity index (χ2v) is 16.1. The third-order valence-electron chi connectivity index (χ3n) is 12.4. The number of pyridine rings is 2. The van der Waals surface area contributed by atoms with Crippen LogP contribution in [0.5, 0.6) is 0 Å². The Labute approximate surface area is 364 Å². The molecule has 12 rings (SSSR count). The maximum atomic E-state index is 10.3. The molecule has 0 N–H and O–H groups in total. The molecule has 3 aromatic heterocycles. The van der Waals surface area contributed by atoms with Crippen molar-refractivity contribution in [3.05, 3.63) is 224 Å². The second kappa shape index (κ2) is 14.8. The van der Waals surface area contributed by atoms with Gasteiger partial charge in [0.15, 0.2) is 0 Å². The van der Waals surface area contributed by atoms with Crippen LogP contribution in [0.1, 0.15) is 5.56 Å². The first-order chi connectivity index (χ1) is 31.2. The van der Waals surface area contributed by atoms with Crippen LogP contribution in [0.15, 0.2) is 218 Å². The van der Waals surface area contributed by atoms with Crippen LogP contribution in [0.3, 0.4) is 0 Å². The van der Waals surface area contributed by atoms with Crippen molar-refractivity contribution in [2.24, 2.45) is 0 Å². The minimum atomic E-state index is 0.625. The molecule has 0 aliphatic rings. The average molecular weight is 801 g/mol. The summed E-state index contributed by atoms with van der Waals surface area (Å²) >= 11 is 0. The van der Waals surface area contributed by atoms with E-state index in [0.29, 0.717) is 5.56 Å². The quantitative estimate of drug-likeness (QED) is 0.157. The minimum Gasteiger partial charge on any atom is -0.309 e. The zero-order chi connectivity index (χ0) is 41.9. The number of hydrogen-bond acceptors (Lipinski definition) is 3. The largest absolute Gasteiger partial charge is 0.309 e. The third kappa shape index (κ3) is 6.22. The highest BCUT2D eigenvalue weighted by Gasteiger charge is 2.15. The summed E-state index contributed by atoms with van der Waals surface area (Å²) in [5.41, 5.74) is 16.3. The molecule has 0 aliphatic heterocycles. The number of hydrogen-bond donors (Lipinski definition) is 0. The topological polar surface area (TPSA) is 54.5 Å². The van der Waals surface area contributed by atoms with Gasteiger partial charge in [0.25, 0.3) is 0 Å². The highest BCUT2D eigenvalue weighted by atomic mass is 15.0. The lowest BCUT2D eigenvalue weighted by atomic mass is 9.90. The van der Waals surface area contributed by atoms with Gasteiger partial charge in [0.1, 0.15) is 0 Å². The Morgan fingerprint density at radius 1 is 0.349 bits per heavy atom. The van der Waals surface area contributed by atoms with Gasteiger partial charge >= 0.3 is 0 Å². The Morgan fingerprint density at radius 2 is 0.810 bits per heavy atom. The monoisotopic (exact) mass is 800 g/mol. The van der Waals surface area contributed by atoms with Gasteiger partial charge in [-0.25, -0.2) is 9.97 Å². The van der Waals surface area contributed by atoms with Crippen LogP contribution in [-0.2, 0) is 0 Å². The Balaban J connectivity index is 0.883. The van der Waals surface area contributed by atoms with Crippen molar-refractivity contribution < 1.29 is 0 Å². The summed E-state index contributed by atoms with van der Waals surface area (Å²) in [7, 11) is 0. The fourth-order valence-corrected chi connectivity index (χ4v) is 9.34. The second-order valence-electron chi connectivity index (χ2n) is 16.1. The molecule has 3 heterocycles. The molecule has 0 radical (unpaired) electrons. The first-order valence-corrected chi connectivity index (χ1v) is 21.2. The van der Waals surface area contributed by atoms with E-state index in [1.165, 1.54) is 21.8 Å². The molecular weight excluding hydrogens is 765 g/mol. The molecule has 4 nitrogen and oxygen atoms in total. The zero-order valence-corrected chi connectivity index (χ0v) is 34.1. The molecule has 4 heteroatoms. The van der Waals surface area contributed by atoms with Gasteiger partial charge in [0.2, 0.25) is 0 Å². The Bertz CT molecular complexity index is 3730. The van der Waals surface area contributed by atoms with E-state index in [1.807, 2.05) is 30.3 Å². The fourth-order valence-electron chi connectivity index (χ4n) is 9.34. The van der Waals surface area contributed by atoms with Gasteiger partial charge in [-0.05, 0) is 98.8 Å². The van der Waals surface area contributed by atoms with Crippen LogP contribution in [0, 0.1) is 11.3 Å². The predicted octanol–water partition coefficient (Wildman–Crippen LogP) is 15.2. The van der Waals surface area contributed by atoms with E-state index >= 15 is 0 Å². The summed E-state index contributed by atoms with van der Waals surface area (Å²) in [5, 5.41) is 17.1. The SMILES string of the molecule is N#Cc1cc(-c2ccc(-n3c4ccccc4c4ccccc43)cc2)cc(-c2ccc(-c3ccc(-c4ccc5ccc6ccc(-c7ccccc7)nc6c5n4)cc3)c3ccccc23)c1. The normalized spacial score (nSPS) is 11.5. The summed E-state index contributed by atoms with van der Waals surface area (Å²) in [6.07, 6.45) is 0. The van der Waals surface area contributed by atoms with E-state index in [9.17, 15) is 5.26 Å². The maximum absolute atomic E-state index is 10.3. The lowest BCUT2D eigenvalue weighted by Crippen LogP contribution is -1.94. The summed E-state index contributed by atoms with van der Waals surface area (Å²) in [6, 6.07) is 79.1. The number of fused-ring (bicyclic) bond motifs is 7. The van der Waals surface area contributed by atoms with Gasteiger partial charge in [-0.1, -0.05) is 164 Å². The van der Waals surface area contributed by atoms with Gasteiger partial charge in [0.05, 0.1) is 45.1 Å². The van der Waals surface area contributed by atoms with Gasteiger partial charge in [-0.15, -0.1) is 0 Å². The van der Waals surface area contributed by atoms with Crippen LogP contribution in [0.4, 0.5) is 0 Å². The van der Waals surface area contributed by atoms with Gasteiger partial charge in [-0.2, -0.15) is 5.26 Å². The molecule has 0 saturated heterocycles. The molecule has 9 aromatic carbocycles. The first-order valence-electron chi connectivity index (χ1n) is 21.2. The highest BCUT2D eigenvalue weighted by Crippen LogP contribution is 2.39. The Morgan fingerprint density at radius 3 is 1.40 bits per heavy atom. The van der Waals surface area contributed by atoms with Crippen molar-refractivity contribution in [3.8, 4) is 67.7 Å². The molecule has 0 spiro atoms. The first kappa shape index (κ1) is 36.2. The lowest BCUT2D eigenvalue weighted by molar-refractivity contribution is 1.18. The maximum Gasteiger partial charge on any atom is 0.0992 e. The molecule has 0 unspecified atom stereocenters. The number of para-hydroxylation sites is 2. The van der Waals surface area contributed by atoms with Crippen molar-refractivity contribution >= 4 is 54.4 Å². The van der Waals surface area contributed by atoms with E-state index in [0.717, 1.165) is 94.2 Å². The molecule has 292 valence electrons. The average Bonchev–Trinajstić information content (AvgIpc) is 3.70. The van der Waals surface area contributed by atoms with E-state index < -0.39 is 0 Å². The molecule has 0 saturated carbocycles. The van der Waals surface area contributed by atoms with Crippen molar-refractivity contribution in [1.29, 1.82) is 5.26 Å². The van der Waals surface area contributed by atoms with Gasteiger partial charge in [0, 0.05) is 38.4 Å². The molecule has 12 aromatic rings. The van der Waals surface area contributed by atoms with Crippen LogP contribution < -0.4 is 0 Å². The highest BCUT2D eigenvalue weighted by molar-refractivity contribution is 6.10. The van der Waals surface area contributed by atoms with E-state index in [-0.39, 0.29) is 0 Å². The Hall–Kier alpha value is -8.65. The molecule has 0 atom stereocenters. The Kier molecular flexibility index (Phi) is 8.52. The third-order valence-corrected chi connectivity index (χ3v) is 12.4. The van der Waals surface area contributed by atoms with Crippen LogP contribution >= 0.6 is 0 Å². The molecule has 0 aliphatic carbocycles. The molecule has 63 heavy (non-hydrogen) atoms. The van der Waals surface area contributed by atoms with Crippen molar-refractivity contribution in [1.82, 2.24) is 14.5 Å². The minimum absolute atomic E-state index is 0.625. The van der Waals surface area contributed by atoms with Crippen molar-refractivity contribution in [2.45, 2.75) is 0 Å². The lowest BCUT2D eigenvalue weighted by Gasteiger charge is -2.14. The van der Waals surface area contributed by atoms with E-state index in [4.69, 9.17) is 9.97 Å². The zero-order valence-electron chi connectivity index (χ0n) is 34.1. The number of nitriles is 1. The van der Waals surface area contributed by atoms with E-state index in [1.54, 1.807) is 0 Å². The molecule has 0 amide bonds. The number of aromatic nitrogens is 3. The molecular formula is C59H36N4. The smallest absolute Gasteiger partial charge is 0.0992 e. The van der Waals surface area contributed by atoms with Gasteiger partial charge < -0.3 is 4.57 Å². The summed E-state index contributed by atoms with van der Waals surface area (Å²) in [6.45, 7) is 0. The standard InChI is InChI=1S/C59H36N4/c60-37-38-34-45(39-24-28-47(29-25-39)63-56-16-8-6-14-52(56)53-15-7-9-17-57(53)63)36-46(35-38)49-31-30-48(50-12-4-5-13-51(49)50)40-18-20-42(21-19-40)55-33-27-44-23-22-43-26-32-54(41-10-2-1-3-11-41)61-58(43)59(44)62-55/h1-36H. The van der Waals surface area contributed by atoms with Crippen molar-refractivity contribution in [3.63, 3.8) is 0 Å². The number of benzene rings is 9. The van der Waals surface area contributed by atoms with Crippen LogP contribution in [-0.4, -0.2) is 14.5 Å². The van der Waals surface area contributed by atoms with Crippen LogP contribution in [0.25, 0.3) is 116 Å². The van der Waals surface area contributed by atoms with Crippen LogP contribution in [0.2, 0.25) is 0 Å². The van der Waals surface area contributed by atoms with E-state index in [2.05, 4.69) is 199 Å².